The average Bonchev–Trinajstić information content (AvgIpc) is 2.61. The van der Waals surface area contributed by atoms with Crippen LogP contribution in [0.15, 0.2) is 29.3 Å². The monoisotopic (exact) mass is 512 g/mol. The zero-order valence-corrected chi connectivity index (χ0v) is 20.1. The second kappa shape index (κ2) is 13.2. The first-order chi connectivity index (χ1) is 12.3. The first-order valence-corrected chi connectivity index (χ1v) is 10.5. The number of sulfonamides is 1. The van der Waals surface area contributed by atoms with Gasteiger partial charge in [-0.3, -0.25) is 4.99 Å². The number of hydrogen-bond donors (Lipinski definition) is 1. The molecule has 0 saturated carbocycles. The number of aliphatic imine (C=N–C) groups is 1. The smallest absolute Gasteiger partial charge is 0.215 e. The van der Waals surface area contributed by atoms with Crippen LogP contribution in [-0.2, 0) is 10.0 Å². The van der Waals surface area contributed by atoms with Crippen molar-refractivity contribution >= 4 is 40.0 Å². The van der Waals surface area contributed by atoms with Crippen molar-refractivity contribution in [3.8, 4) is 5.75 Å². The second-order valence-electron chi connectivity index (χ2n) is 5.96. The lowest BCUT2D eigenvalue weighted by Crippen LogP contribution is -2.44. The predicted octanol–water partition coefficient (Wildman–Crippen LogP) is 2.17. The van der Waals surface area contributed by atoms with Crippen LogP contribution in [0.25, 0.3) is 0 Å². The van der Waals surface area contributed by atoms with E-state index in [1.807, 2.05) is 57.0 Å². The van der Waals surface area contributed by atoms with Gasteiger partial charge in [0.2, 0.25) is 10.0 Å². The minimum Gasteiger partial charge on any atom is -0.492 e. The predicted molar refractivity (Wildman–Crippen MR) is 123 cm³/mol. The zero-order valence-electron chi connectivity index (χ0n) is 16.9. The fraction of sp³-hybridized carbons (Fsp3) is 0.611. The van der Waals surface area contributed by atoms with E-state index in [2.05, 4.69) is 10.3 Å². The molecule has 7 nitrogen and oxygen atoms in total. The first kappa shape index (κ1) is 25.9. The molecular weight excluding hydrogens is 479 g/mol. The summed E-state index contributed by atoms with van der Waals surface area (Å²) in [5, 5.41) is 3.10. The summed E-state index contributed by atoms with van der Waals surface area (Å²) >= 11 is 0. The van der Waals surface area contributed by atoms with Crippen LogP contribution in [0.5, 0.6) is 5.75 Å². The van der Waals surface area contributed by atoms with Crippen LogP contribution in [0, 0.1) is 6.92 Å². The summed E-state index contributed by atoms with van der Waals surface area (Å²) in [6.07, 6.45) is 0. The molecule has 0 aliphatic carbocycles. The minimum absolute atomic E-state index is 0. The molecule has 0 amide bonds. The third-order valence-corrected chi connectivity index (χ3v) is 6.05. The maximum atomic E-state index is 12.2. The Bertz CT molecular complexity index is 662. The largest absolute Gasteiger partial charge is 0.492 e. The van der Waals surface area contributed by atoms with E-state index in [4.69, 9.17) is 4.74 Å². The van der Waals surface area contributed by atoms with Crippen LogP contribution < -0.4 is 10.1 Å². The molecule has 0 heterocycles. The third kappa shape index (κ3) is 9.11. The number of nitrogens with one attached hydrogen (secondary N) is 1. The van der Waals surface area contributed by atoms with Crippen molar-refractivity contribution in [2.45, 2.75) is 20.8 Å². The molecule has 0 spiro atoms. The summed E-state index contributed by atoms with van der Waals surface area (Å²) in [6, 6.07) is 7.91. The van der Waals surface area contributed by atoms with Crippen molar-refractivity contribution in [1.29, 1.82) is 0 Å². The summed E-state index contributed by atoms with van der Waals surface area (Å²) < 4.78 is 31.6. The van der Waals surface area contributed by atoms with Crippen LogP contribution in [0.1, 0.15) is 19.4 Å². The van der Waals surface area contributed by atoms with Crippen molar-refractivity contribution in [3.63, 3.8) is 0 Å². The van der Waals surface area contributed by atoms with E-state index >= 15 is 0 Å². The highest BCUT2D eigenvalue weighted by atomic mass is 127. The van der Waals surface area contributed by atoms with Gasteiger partial charge in [0.25, 0.3) is 0 Å². The molecule has 156 valence electrons. The van der Waals surface area contributed by atoms with Crippen molar-refractivity contribution in [1.82, 2.24) is 14.5 Å². The molecule has 0 saturated heterocycles. The fourth-order valence-electron chi connectivity index (χ4n) is 2.46. The summed E-state index contributed by atoms with van der Waals surface area (Å²) in [5.41, 5.74) is 1.19. The standard InChI is InChI=1S/C18H32N4O3S.HI/c1-6-22(7-2)26(23,24)15-12-20-18(19-4)21(5)13-14-25-17-10-8-16(3)9-11-17;/h8-11H,6-7,12-15H2,1-5H3,(H,19,20);1H. The van der Waals surface area contributed by atoms with Gasteiger partial charge in [0, 0.05) is 33.7 Å². The first-order valence-electron chi connectivity index (χ1n) is 8.93. The Balaban J connectivity index is 0.00000676. The second-order valence-corrected chi connectivity index (χ2v) is 8.05. The number of halogens is 1. The Morgan fingerprint density at radius 2 is 1.78 bits per heavy atom. The van der Waals surface area contributed by atoms with Gasteiger partial charge in [-0.1, -0.05) is 31.5 Å². The van der Waals surface area contributed by atoms with E-state index in [0.29, 0.717) is 38.7 Å². The lowest BCUT2D eigenvalue weighted by atomic mass is 10.2. The highest BCUT2D eigenvalue weighted by molar-refractivity contribution is 14.0. The number of benzene rings is 1. The molecule has 0 unspecified atom stereocenters. The number of guanidine groups is 1. The lowest BCUT2D eigenvalue weighted by Gasteiger charge is -2.23. The van der Waals surface area contributed by atoms with Crippen LogP contribution in [0.2, 0.25) is 0 Å². The maximum Gasteiger partial charge on any atom is 0.215 e. The number of hydrogen-bond acceptors (Lipinski definition) is 4. The molecule has 0 radical (unpaired) electrons. The molecule has 0 aliphatic rings. The van der Waals surface area contributed by atoms with Crippen molar-refractivity contribution in [2.75, 3.05) is 52.6 Å². The summed E-state index contributed by atoms with van der Waals surface area (Å²) in [4.78, 5) is 6.11. The van der Waals surface area contributed by atoms with Gasteiger partial charge in [0.1, 0.15) is 12.4 Å². The molecule has 0 bridgehead atoms. The van der Waals surface area contributed by atoms with Crippen molar-refractivity contribution in [3.05, 3.63) is 29.8 Å². The normalized spacial score (nSPS) is 11.9. The summed E-state index contributed by atoms with van der Waals surface area (Å²) in [5.74, 6) is 1.52. The Kier molecular flexibility index (Phi) is 12.6. The molecule has 9 heteroatoms. The molecule has 0 aromatic heterocycles. The van der Waals surface area contributed by atoms with E-state index in [9.17, 15) is 8.42 Å². The minimum atomic E-state index is -3.24. The number of likely N-dealkylation sites (N-methyl/N-ethyl adjacent to an activating group) is 1. The quantitative estimate of drug-likeness (QED) is 0.296. The van der Waals surface area contributed by atoms with E-state index in [1.165, 1.54) is 9.87 Å². The molecule has 1 rings (SSSR count). The van der Waals surface area contributed by atoms with Crippen LogP contribution in [0.3, 0.4) is 0 Å². The highest BCUT2D eigenvalue weighted by Gasteiger charge is 2.18. The van der Waals surface area contributed by atoms with E-state index in [-0.39, 0.29) is 29.7 Å². The molecule has 0 fully saturated rings. The van der Waals surface area contributed by atoms with Gasteiger partial charge >= 0.3 is 0 Å². The van der Waals surface area contributed by atoms with Gasteiger partial charge in [-0.25, -0.2) is 12.7 Å². The van der Waals surface area contributed by atoms with Gasteiger partial charge in [-0.2, -0.15) is 0 Å². The van der Waals surface area contributed by atoms with Gasteiger partial charge < -0.3 is 15.0 Å². The Morgan fingerprint density at radius 1 is 1.19 bits per heavy atom. The summed E-state index contributed by atoms with van der Waals surface area (Å²) in [7, 11) is 0.339. The van der Waals surface area contributed by atoms with Crippen molar-refractivity contribution in [2.24, 2.45) is 4.99 Å². The Hall–Kier alpha value is -1.07. The SMILES string of the molecule is CCN(CC)S(=O)(=O)CCNC(=NC)N(C)CCOc1ccc(C)cc1.I. The van der Waals surface area contributed by atoms with Crippen LogP contribution in [0.4, 0.5) is 0 Å². The number of ether oxygens (including phenoxy) is 1. The zero-order chi connectivity index (χ0) is 19.6. The third-order valence-electron chi connectivity index (χ3n) is 4.03. The van der Waals surface area contributed by atoms with Gasteiger partial charge in [-0.05, 0) is 19.1 Å². The Morgan fingerprint density at radius 3 is 2.30 bits per heavy atom. The molecule has 1 aromatic rings. The number of nitrogens with zero attached hydrogens (tertiary/aromatic N) is 3. The molecule has 27 heavy (non-hydrogen) atoms. The van der Waals surface area contributed by atoms with E-state index in [1.54, 1.807) is 7.05 Å². The van der Waals surface area contributed by atoms with E-state index < -0.39 is 10.0 Å². The number of aryl methyl sites for hydroxylation is 1. The number of rotatable bonds is 10. The van der Waals surface area contributed by atoms with Gasteiger partial charge in [0.05, 0.1) is 12.3 Å². The van der Waals surface area contributed by atoms with E-state index in [0.717, 1.165) is 5.75 Å². The summed E-state index contributed by atoms with van der Waals surface area (Å²) in [6.45, 7) is 8.16. The lowest BCUT2D eigenvalue weighted by molar-refractivity contribution is 0.281. The average molecular weight is 512 g/mol. The molecule has 0 aliphatic heterocycles. The van der Waals surface area contributed by atoms with Gasteiger partial charge in [-0.15, -0.1) is 24.0 Å². The van der Waals surface area contributed by atoms with Crippen molar-refractivity contribution < 1.29 is 13.2 Å². The van der Waals surface area contributed by atoms with Gasteiger partial charge in [0.15, 0.2) is 5.96 Å². The molecule has 1 aromatic carbocycles. The van der Waals surface area contributed by atoms with Crippen LogP contribution in [-0.4, -0.2) is 76.2 Å². The van der Waals surface area contributed by atoms with Crippen LogP contribution >= 0.6 is 24.0 Å². The Labute approximate surface area is 181 Å². The molecule has 1 N–H and O–H groups in total. The molecule has 0 atom stereocenters. The highest BCUT2D eigenvalue weighted by Crippen LogP contribution is 2.11. The maximum absolute atomic E-state index is 12.2. The fourth-order valence-corrected chi connectivity index (χ4v) is 3.87. The molecular formula is C18H33IN4O3S. The topological polar surface area (TPSA) is 74.2 Å².